The van der Waals surface area contributed by atoms with Crippen molar-refractivity contribution in [3.8, 4) is 5.75 Å². The van der Waals surface area contributed by atoms with Crippen LogP contribution in [-0.4, -0.2) is 37.2 Å². The van der Waals surface area contributed by atoms with Gasteiger partial charge in [0.25, 0.3) is 5.69 Å². The number of nitro benzene ring substituents is 1. The molecule has 0 aliphatic carbocycles. The molecule has 0 atom stereocenters. The van der Waals surface area contributed by atoms with Gasteiger partial charge in [-0.3, -0.25) is 15.0 Å². The number of halogens is 3. The molecule has 0 heterocycles. The topological polar surface area (TPSA) is 126 Å². The number of hydrogen-bond acceptors (Lipinski definition) is 5. The van der Waals surface area contributed by atoms with Crippen LogP contribution in [0.5, 0.6) is 5.75 Å². The molecule has 0 bridgehead atoms. The zero-order valence-corrected chi connectivity index (χ0v) is 20.1. The number of non-ortho nitro benzene ring substituents is 1. The van der Waals surface area contributed by atoms with Gasteiger partial charge < -0.3 is 20.7 Å². The van der Waals surface area contributed by atoms with Crippen LogP contribution in [0.15, 0.2) is 72.8 Å². The normalized spacial score (nSPS) is 10.8. The molecule has 3 N–H and O–H groups in total. The van der Waals surface area contributed by atoms with Crippen LogP contribution in [0.25, 0.3) is 0 Å². The Bertz CT molecular complexity index is 1270. The molecule has 0 aliphatic heterocycles. The minimum absolute atomic E-state index is 0.0142. The van der Waals surface area contributed by atoms with Crippen LogP contribution >= 0.6 is 0 Å². The largest absolute Gasteiger partial charge is 0.497 e. The second-order valence-electron chi connectivity index (χ2n) is 7.90. The summed E-state index contributed by atoms with van der Waals surface area (Å²) in [4.78, 5) is 36.9. The number of anilines is 3. The fourth-order valence-electron chi connectivity index (χ4n) is 3.36. The van der Waals surface area contributed by atoms with Gasteiger partial charge in [0.2, 0.25) is 0 Å². The summed E-state index contributed by atoms with van der Waals surface area (Å²) in [5.41, 5.74) is -0.148. The van der Waals surface area contributed by atoms with E-state index >= 15 is 0 Å². The molecule has 38 heavy (non-hydrogen) atoms. The third-order valence-corrected chi connectivity index (χ3v) is 5.25. The summed E-state index contributed by atoms with van der Waals surface area (Å²) in [6.45, 7) is 0.275. The molecule has 0 saturated heterocycles. The number of ether oxygens (including phenoxy) is 1. The smallest absolute Gasteiger partial charge is 0.416 e. The van der Waals surface area contributed by atoms with Gasteiger partial charge in [0.15, 0.2) is 0 Å². The molecule has 10 nitrogen and oxygen atoms in total. The minimum Gasteiger partial charge on any atom is -0.497 e. The van der Waals surface area contributed by atoms with Crippen molar-refractivity contribution in [2.24, 2.45) is 0 Å². The van der Waals surface area contributed by atoms with E-state index in [1.54, 1.807) is 24.3 Å². The number of carbonyl (C=O) groups excluding carboxylic acids is 2. The lowest BCUT2D eigenvalue weighted by Crippen LogP contribution is -2.38. The molecular weight excluding hydrogens is 507 g/mol. The summed E-state index contributed by atoms with van der Waals surface area (Å²) in [5.74, 6) is 0.581. The summed E-state index contributed by atoms with van der Waals surface area (Å²) < 4.78 is 43.7. The molecule has 0 fully saturated rings. The molecule has 13 heteroatoms. The van der Waals surface area contributed by atoms with Crippen LogP contribution in [0.2, 0.25) is 0 Å². The van der Waals surface area contributed by atoms with Gasteiger partial charge in [0.05, 0.1) is 17.6 Å². The predicted molar refractivity (Wildman–Crippen MR) is 136 cm³/mol. The van der Waals surface area contributed by atoms with E-state index in [0.717, 1.165) is 12.1 Å². The molecule has 0 spiro atoms. The molecule has 0 aromatic heterocycles. The molecule has 3 aromatic rings. The lowest BCUT2D eigenvalue weighted by molar-refractivity contribution is -0.384. The average Bonchev–Trinajstić information content (AvgIpc) is 2.88. The Morgan fingerprint density at radius 2 is 1.66 bits per heavy atom. The number of carbonyl (C=O) groups is 2. The number of alkyl halides is 3. The highest BCUT2D eigenvalue weighted by Crippen LogP contribution is 2.30. The van der Waals surface area contributed by atoms with Gasteiger partial charge in [-0.05, 0) is 61.0 Å². The van der Waals surface area contributed by atoms with Gasteiger partial charge in [-0.2, -0.15) is 13.2 Å². The number of nitro groups is 1. The predicted octanol–water partition coefficient (Wildman–Crippen LogP) is 5.87. The van der Waals surface area contributed by atoms with Crippen LogP contribution < -0.4 is 25.6 Å². The summed E-state index contributed by atoms with van der Waals surface area (Å²) >= 11 is 0. The van der Waals surface area contributed by atoms with Gasteiger partial charge in [-0.25, -0.2) is 9.59 Å². The van der Waals surface area contributed by atoms with E-state index in [1.165, 1.54) is 48.4 Å². The Labute approximate surface area is 215 Å². The van der Waals surface area contributed by atoms with E-state index in [4.69, 9.17) is 4.74 Å². The quantitative estimate of drug-likeness (QED) is 0.181. The van der Waals surface area contributed by atoms with Crippen LogP contribution in [0.1, 0.15) is 12.0 Å². The van der Waals surface area contributed by atoms with E-state index in [0.29, 0.717) is 23.5 Å². The highest BCUT2D eigenvalue weighted by Gasteiger charge is 2.30. The fourth-order valence-corrected chi connectivity index (χ4v) is 3.36. The second-order valence-corrected chi connectivity index (χ2v) is 7.90. The van der Waals surface area contributed by atoms with Gasteiger partial charge in [0, 0.05) is 42.3 Å². The lowest BCUT2D eigenvalue weighted by Gasteiger charge is -2.23. The van der Waals surface area contributed by atoms with Gasteiger partial charge in [0.1, 0.15) is 5.75 Å². The molecule has 0 aliphatic rings. The van der Waals surface area contributed by atoms with Crippen LogP contribution in [0, 0.1) is 10.1 Å². The first kappa shape index (κ1) is 27.8. The van der Waals surface area contributed by atoms with E-state index in [2.05, 4.69) is 16.0 Å². The Morgan fingerprint density at radius 1 is 0.974 bits per heavy atom. The van der Waals surface area contributed by atoms with Crippen molar-refractivity contribution < 1.29 is 32.4 Å². The SMILES string of the molecule is COc1ccc(N(CCCNC(=O)Nc2cccc(C(F)(F)F)c2)C(=O)Nc2ccc([N+](=O)[O-])cc2)cc1. The monoisotopic (exact) mass is 531 g/mol. The maximum Gasteiger partial charge on any atom is 0.416 e. The lowest BCUT2D eigenvalue weighted by atomic mass is 10.2. The standard InChI is InChI=1S/C25H24F3N5O5/c1-38-22-12-10-20(11-13-22)32(24(35)31-18-6-8-21(9-7-18)33(36)37)15-3-14-29-23(34)30-19-5-2-4-17(16-19)25(26,27)28/h2,4-13,16H,3,14-15H2,1H3,(H,31,35)(H2,29,30,34). The fraction of sp³-hybridized carbons (Fsp3) is 0.200. The van der Waals surface area contributed by atoms with Crippen molar-refractivity contribution >= 4 is 34.8 Å². The number of nitrogens with one attached hydrogen (secondary N) is 3. The van der Waals surface area contributed by atoms with Crippen molar-refractivity contribution in [3.63, 3.8) is 0 Å². The number of urea groups is 2. The van der Waals surface area contributed by atoms with Crippen molar-refractivity contribution in [3.05, 3.63) is 88.5 Å². The summed E-state index contributed by atoms with van der Waals surface area (Å²) in [5, 5.41) is 18.4. The second kappa shape index (κ2) is 12.4. The molecular formula is C25H24F3N5O5. The van der Waals surface area contributed by atoms with Gasteiger partial charge in [-0.15, -0.1) is 0 Å². The molecule has 0 unspecified atom stereocenters. The van der Waals surface area contributed by atoms with Gasteiger partial charge in [-0.1, -0.05) is 6.07 Å². The van der Waals surface area contributed by atoms with Crippen LogP contribution in [-0.2, 0) is 6.18 Å². The van der Waals surface area contributed by atoms with Crippen molar-refractivity contribution in [2.75, 3.05) is 35.7 Å². The molecule has 3 aromatic carbocycles. The van der Waals surface area contributed by atoms with Gasteiger partial charge >= 0.3 is 18.2 Å². The molecule has 3 rings (SSSR count). The van der Waals surface area contributed by atoms with Crippen LogP contribution in [0.3, 0.4) is 0 Å². The first-order valence-corrected chi connectivity index (χ1v) is 11.3. The third kappa shape index (κ3) is 7.85. The first-order chi connectivity index (χ1) is 18.1. The first-order valence-electron chi connectivity index (χ1n) is 11.3. The number of hydrogen-bond donors (Lipinski definition) is 3. The van der Waals surface area contributed by atoms with E-state index in [9.17, 15) is 32.9 Å². The minimum atomic E-state index is -4.53. The number of rotatable bonds is 9. The molecule has 0 radical (unpaired) electrons. The summed E-state index contributed by atoms with van der Waals surface area (Å²) in [6.07, 6.45) is -4.23. The zero-order chi connectivity index (χ0) is 27.7. The number of nitrogens with zero attached hydrogens (tertiary/aromatic N) is 2. The van der Waals surface area contributed by atoms with E-state index in [-0.39, 0.29) is 24.5 Å². The zero-order valence-electron chi connectivity index (χ0n) is 20.1. The average molecular weight is 531 g/mol. The van der Waals surface area contributed by atoms with E-state index in [1.807, 2.05) is 0 Å². The molecule has 0 saturated carbocycles. The maximum absolute atomic E-state index is 13.0. The Kier molecular flexibility index (Phi) is 9.09. The number of amides is 4. The number of methoxy groups -OCH3 is 1. The van der Waals surface area contributed by atoms with Crippen LogP contribution in [0.4, 0.5) is 45.5 Å². The Hall–Kier alpha value is -4.81. The summed E-state index contributed by atoms with van der Waals surface area (Å²) in [7, 11) is 1.50. The third-order valence-electron chi connectivity index (χ3n) is 5.25. The number of benzene rings is 3. The van der Waals surface area contributed by atoms with Crippen molar-refractivity contribution in [2.45, 2.75) is 12.6 Å². The Morgan fingerprint density at radius 3 is 2.26 bits per heavy atom. The van der Waals surface area contributed by atoms with Crippen molar-refractivity contribution in [1.82, 2.24) is 5.32 Å². The Balaban J connectivity index is 1.60. The van der Waals surface area contributed by atoms with E-state index < -0.39 is 28.7 Å². The van der Waals surface area contributed by atoms with Crippen molar-refractivity contribution in [1.29, 1.82) is 0 Å². The molecule has 4 amide bonds. The maximum atomic E-state index is 13.0. The molecule has 200 valence electrons. The summed E-state index contributed by atoms with van der Waals surface area (Å²) in [6, 6.07) is 15.1. The highest BCUT2D eigenvalue weighted by atomic mass is 19.4. The highest BCUT2D eigenvalue weighted by molar-refractivity contribution is 6.01.